The number of pyridine rings is 2. The number of nitrogens with zero attached hydrogens (tertiary/aromatic N) is 5. The summed E-state index contributed by atoms with van der Waals surface area (Å²) in [5.74, 6) is -1.28. The maximum Gasteiger partial charge on any atom is 0.215 e. The summed E-state index contributed by atoms with van der Waals surface area (Å²) in [4.78, 5) is 17.1. The second-order valence-electron chi connectivity index (χ2n) is 8.54. The molecule has 0 bridgehead atoms. The summed E-state index contributed by atoms with van der Waals surface area (Å²) in [6, 6.07) is 9.31. The minimum Gasteiger partial charge on any atom is -0.475 e. The Balaban J connectivity index is 1.44. The van der Waals surface area contributed by atoms with Crippen molar-refractivity contribution in [3.05, 3.63) is 66.9 Å². The van der Waals surface area contributed by atoms with E-state index in [9.17, 15) is 5.11 Å². The zero-order valence-electron chi connectivity index (χ0n) is 18.7. The number of rotatable bonds is 7. The van der Waals surface area contributed by atoms with Gasteiger partial charge in [0, 0.05) is 23.8 Å². The lowest BCUT2D eigenvalue weighted by atomic mass is 9.99. The van der Waals surface area contributed by atoms with Crippen LogP contribution in [-0.4, -0.2) is 54.2 Å². The van der Waals surface area contributed by atoms with Gasteiger partial charge < -0.3 is 23.9 Å². The minimum atomic E-state index is -1.39. The van der Waals surface area contributed by atoms with E-state index in [-0.39, 0.29) is 12.5 Å². The van der Waals surface area contributed by atoms with Crippen LogP contribution in [0.15, 0.2) is 61.7 Å². The highest BCUT2D eigenvalue weighted by Crippen LogP contribution is 2.41. The maximum atomic E-state index is 10.4. The van der Waals surface area contributed by atoms with Crippen LogP contribution in [0.2, 0.25) is 5.15 Å². The molecule has 4 atom stereocenters. The van der Waals surface area contributed by atoms with Crippen LogP contribution in [0.4, 0.5) is 0 Å². The van der Waals surface area contributed by atoms with Gasteiger partial charge in [-0.25, -0.2) is 15.0 Å². The molecule has 5 heterocycles. The highest BCUT2D eigenvalue weighted by Gasteiger charge is 2.47. The second-order valence-corrected chi connectivity index (χ2v) is 8.90. The van der Waals surface area contributed by atoms with Crippen LogP contribution in [0, 0.1) is 5.92 Å². The van der Waals surface area contributed by atoms with Crippen LogP contribution in [0.3, 0.4) is 0 Å². The third-order valence-corrected chi connectivity index (χ3v) is 5.96. The average molecular weight is 482 g/mol. The Morgan fingerprint density at radius 1 is 1.24 bits per heavy atom. The lowest BCUT2D eigenvalue weighted by Crippen LogP contribution is -2.40. The standard InChI is InChI=1S/C24H24ClN5O4/c1-4-15-19(34-24(2,3)31)17(12-32-18-8-7-14-6-5-10-26-21(14)29-18)33-23(15)30-11-9-16-20(25)27-13-28-22(16)30/h4-11,13,15,17,19,23,31H,1,12H2,2-3H3/t15-,17-,19+,23-/m1/s1. The minimum absolute atomic E-state index is 0.141. The molecule has 9 nitrogen and oxygen atoms in total. The Labute approximate surface area is 201 Å². The van der Waals surface area contributed by atoms with Crippen molar-refractivity contribution in [3.8, 4) is 5.88 Å². The first-order valence-corrected chi connectivity index (χ1v) is 11.2. The Kier molecular flexibility index (Phi) is 5.95. The quantitative estimate of drug-likeness (QED) is 0.240. The molecule has 0 aromatic carbocycles. The van der Waals surface area contributed by atoms with Crippen molar-refractivity contribution in [2.45, 2.75) is 38.1 Å². The Hall–Kier alpha value is -3.11. The molecule has 0 saturated carbocycles. The molecule has 1 saturated heterocycles. The van der Waals surface area contributed by atoms with Crippen molar-refractivity contribution < 1.29 is 19.3 Å². The lowest BCUT2D eigenvalue weighted by Gasteiger charge is -2.29. The van der Waals surface area contributed by atoms with E-state index >= 15 is 0 Å². The fourth-order valence-electron chi connectivity index (χ4n) is 4.21. The van der Waals surface area contributed by atoms with E-state index < -0.39 is 24.2 Å². The van der Waals surface area contributed by atoms with Gasteiger partial charge in [-0.05, 0) is 38.1 Å². The van der Waals surface area contributed by atoms with Gasteiger partial charge in [-0.1, -0.05) is 17.7 Å². The molecule has 5 rings (SSSR count). The molecule has 1 N–H and O–H groups in total. The second kappa shape index (κ2) is 8.92. The maximum absolute atomic E-state index is 10.4. The predicted molar refractivity (Wildman–Crippen MR) is 126 cm³/mol. The van der Waals surface area contributed by atoms with Gasteiger partial charge in [0.2, 0.25) is 5.88 Å². The zero-order valence-corrected chi connectivity index (χ0v) is 19.5. The first-order chi connectivity index (χ1) is 16.3. The van der Waals surface area contributed by atoms with Gasteiger partial charge in [0.25, 0.3) is 0 Å². The number of fused-ring (bicyclic) bond motifs is 2. The van der Waals surface area contributed by atoms with Gasteiger partial charge in [-0.3, -0.25) is 0 Å². The molecule has 0 unspecified atom stereocenters. The van der Waals surface area contributed by atoms with E-state index in [2.05, 4.69) is 26.5 Å². The Bertz CT molecular complexity index is 1340. The molecule has 10 heteroatoms. The van der Waals surface area contributed by atoms with Crippen LogP contribution < -0.4 is 4.74 Å². The summed E-state index contributed by atoms with van der Waals surface area (Å²) in [7, 11) is 0. The zero-order chi connectivity index (χ0) is 23.9. The van der Waals surface area contributed by atoms with Gasteiger partial charge in [0.1, 0.15) is 42.2 Å². The topological polar surface area (TPSA) is 104 Å². The van der Waals surface area contributed by atoms with E-state index in [1.54, 1.807) is 32.2 Å². The smallest absolute Gasteiger partial charge is 0.215 e. The monoisotopic (exact) mass is 481 g/mol. The summed E-state index contributed by atoms with van der Waals surface area (Å²) in [5, 5.41) is 12.4. The molecule has 34 heavy (non-hydrogen) atoms. The Morgan fingerprint density at radius 3 is 2.88 bits per heavy atom. The van der Waals surface area contributed by atoms with Crippen LogP contribution in [-0.2, 0) is 9.47 Å². The average Bonchev–Trinajstić information content (AvgIpc) is 3.38. The molecule has 4 aromatic heterocycles. The summed E-state index contributed by atoms with van der Waals surface area (Å²) in [6.45, 7) is 7.29. The molecule has 0 radical (unpaired) electrons. The van der Waals surface area contributed by atoms with Crippen molar-refractivity contribution in [1.29, 1.82) is 0 Å². The molecule has 0 spiro atoms. The fourth-order valence-corrected chi connectivity index (χ4v) is 4.40. The molecular formula is C24H24ClN5O4. The number of ether oxygens (including phenoxy) is 3. The van der Waals surface area contributed by atoms with Crippen molar-refractivity contribution in [3.63, 3.8) is 0 Å². The van der Waals surface area contributed by atoms with Crippen molar-refractivity contribution in [2.24, 2.45) is 5.92 Å². The molecule has 0 amide bonds. The van der Waals surface area contributed by atoms with E-state index in [0.717, 1.165) is 5.39 Å². The largest absolute Gasteiger partial charge is 0.475 e. The van der Waals surface area contributed by atoms with Gasteiger partial charge in [0.15, 0.2) is 11.4 Å². The van der Waals surface area contributed by atoms with Crippen LogP contribution in [0.25, 0.3) is 22.1 Å². The normalized spacial score (nSPS) is 22.9. The Morgan fingerprint density at radius 2 is 2.09 bits per heavy atom. The van der Waals surface area contributed by atoms with Gasteiger partial charge in [-0.2, -0.15) is 4.98 Å². The SMILES string of the molecule is C=C[C@@H]1[C@H](OC(C)(C)O)[C@@H](COc2ccc3cccnc3n2)O[C@H]1n1ccc2c(Cl)ncnc21. The highest BCUT2D eigenvalue weighted by molar-refractivity contribution is 6.33. The summed E-state index contributed by atoms with van der Waals surface area (Å²) >= 11 is 6.24. The van der Waals surface area contributed by atoms with Crippen molar-refractivity contribution >= 4 is 33.7 Å². The van der Waals surface area contributed by atoms with Crippen LogP contribution >= 0.6 is 11.6 Å². The van der Waals surface area contributed by atoms with Crippen molar-refractivity contribution in [1.82, 2.24) is 24.5 Å². The summed E-state index contributed by atoms with van der Waals surface area (Å²) in [6.07, 6.45) is 5.10. The number of halogens is 1. The van der Waals surface area contributed by atoms with Crippen molar-refractivity contribution in [2.75, 3.05) is 6.61 Å². The number of aromatic nitrogens is 5. The lowest BCUT2D eigenvalue weighted by molar-refractivity contribution is -0.220. The van der Waals surface area contributed by atoms with E-state index in [0.29, 0.717) is 27.7 Å². The first kappa shape index (κ1) is 22.7. The number of hydrogen-bond donors (Lipinski definition) is 1. The van der Waals surface area contributed by atoms with Crippen LogP contribution in [0.1, 0.15) is 20.1 Å². The van der Waals surface area contributed by atoms with Gasteiger partial charge in [-0.15, -0.1) is 6.58 Å². The fraction of sp³-hybridized carbons (Fsp3) is 0.333. The predicted octanol–water partition coefficient (Wildman–Crippen LogP) is 3.92. The number of aliphatic hydroxyl groups is 1. The molecule has 4 aromatic rings. The van der Waals surface area contributed by atoms with Crippen LogP contribution in [0.5, 0.6) is 5.88 Å². The van der Waals surface area contributed by atoms with Gasteiger partial charge in [0.05, 0.1) is 11.3 Å². The number of hydrogen-bond acceptors (Lipinski definition) is 8. The first-order valence-electron chi connectivity index (χ1n) is 10.8. The molecule has 0 aliphatic carbocycles. The van der Waals surface area contributed by atoms with E-state index in [1.807, 2.05) is 35.0 Å². The highest BCUT2D eigenvalue weighted by atomic mass is 35.5. The third kappa shape index (κ3) is 4.35. The molecule has 1 aliphatic rings. The van der Waals surface area contributed by atoms with Gasteiger partial charge >= 0.3 is 0 Å². The van der Waals surface area contributed by atoms with E-state index in [4.69, 9.17) is 25.8 Å². The summed E-state index contributed by atoms with van der Waals surface area (Å²) < 4.78 is 20.3. The molecular weight excluding hydrogens is 458 g/mol. The summed E-state index contributed by atoms with van der Waals surface area (Å²) in [5.41, 5.74) is 1.22. The molecule has 1 fully saturated rings. The third-order valence-electron chi connectivity index (χ3n) is 5.65. The molecule has 1 aliphatic heterocycles. The molecule has 176 valence electrons. The van der Waals surface area contributed by atoms with E-state index in [1.165, 1.54) is 6.33 Å².